The van der Waals surface area contributed by atoms with Crippen LogP contribution in [-0.2, 0) is 16.6 Å². The van der Waals surface area contributed by atoms with Crippen molar-refractivity contribution < 1.29 is 17.9 Å². The lowest BCUT2D eigenvalue weighted by Crippen LogP contribution is -2.35. The highest BCUT2D eigenvalue weighted by Gasteiger charge is 2.30. The maximum absolute atomic E-state index is 13.0. The number of sulfonamides is 1. The standard InChI is InChI=1S/C25H29N3O4S2/c1-4-16-28-22-15-12-20(32-5-2)17-23(22)33-25(28)26-24(29)18-10-13-21(14-11-18)34(30,31)27(3)19-8-6-7-9-19/h4,10-15,17,19H,1,5-9,16H2,2-3H3. The highest BCUT2D eigenvalue weighted by molar-refractivity contribution is 7.89. The molecular weight excluding hydrogens is 470 g/mol. The van der Waals surface area contributed by atoms with Crippen molar-refractivity contribution in [1.29, 1.82) is 0 Å². The fourth-order valence-corrected chi connectivity index (χ4v) is 6.73. The number of rotatable bonds is 8. The van der Waals surface area contributed by atoms with Crippen LogP contribution in [0.15, 0.2) is 65.0 Å². The maximum atomic E-state index is 13.0. The molecule has 0 N–H and O–H groups in total. The van der Waals surface area contributed by atoms with Crippen LogP contribution >= 0.6 is 11.3 Å². The summed E-state index contributed by atoms with van der Waals surface area (Å²) in [5.41, 5.74) is 1.27. The van der Waals surface area contributed by atoms with Gasteiger partial charge in [0.25, 0.3) is 5.91 Å². The number of hydrogen-bond acceptors (Lipinski definition) is 5. The molecule has 34 heavy (non-hydrogen) atoms. The van der Waals surface area contributed by atoms with Crippen molar-refractivity contribution in [3.63, 3.8) is 0 Å². The Bertz CT molecular complexity index is 1370. The number of ether oxygens (including phenoxy) is 1. The van der Waals surface area contributed by atoms with Crippen LogP contribution in [0.2, 0.25) is 0 Å². The van der Waals surface area contributed by atoms with E-state index in [0.717, 1.165) is 41.6 Å². The highest BCUT2D eigenvalue weighted by atomic mass is 32.2. The van der Waals surface area contributed by atoms with Crippen LogP contribution in [0.25, 0.3) is 10.2 Å². The fraction of sp³-hybridized carbons (Fsp3) is 0.360. The summed E-state index contributed by atoms with van der Waals surface area (Å²) >= 11 is 1.40. The lowest BCUT2D eigenvalue weighted by atomic mass is 10.2. The molecule has 180 valence electrons. The van der Waals surface area contributed by atoms with E-state index in [9.17, 15) is 13.2 Å². The molecule has 0 radical (unpaired) electrons. The summed E-state index contributed by atoms with van der Waals surface area (Å²) in [6.45, 7) is 6.82. The van der Waals surface area contributed by atoms with Gasteiger partial charge in [0.05, 0.1) is 21.7 Å². The quantitative estimate of drug-likeness (QED) is 0.425. The molecule has 1 aromatic heterocycles. The Morgan fingerprint density at radius 2 is 1.94 bits per heavy atom. The molecule has 0 unspecified atom stereocenters. The van der Waals surface area contributed by atoms with Crippen molar-refractivity contribution in [2.45, 2.75) is 50.1 Å². The molecule has 2 aromatic carbocycles. The first-order chi connectivity index (χ1) is 16.3. The Balaban J connectivity index is 1.63. The number of amides is 1. The normalized spacial score (nSPS) is 15.3. The summed E-state index contributed by atoms with van der Waals surface area (Å²) < 4.78 is 35.9. The van der Waals surface area contributed by atoms with E-state index in [0.29, 0.717) is 23.5 Å². The molecule has 1 amide bonds. The zero-order valence-electron chi connectivity index (χ0n) is 19.4. The van der Waals surface area contributed by atoms with Gasteiger partial charge in [-0.3, -0.25) is 4.79 Å². The van der Waals surface area contributed by atoms with Gasteiger partial charge in [-0.15, -0.1) is 6.58 Å². The van der Waals surface area contributed by atoms with Gasteiger partial charge in [-0.1, -0.05) is 30.3 Å². The first kappa shape index (κ1) is 24.4. The van der Waals surface area contributed by atoms with Crippen molar-refractivity contribution in [3.8, 4) is 5.75 Å². The van der Waals surface area contributed by atoms with Crippen LogP contribution in [-0.4, -0.2) is 42.9 Å². The van der Waals surface area contributed by atoms with E-state index >= 15 is 0 Å². The second-order valence-electron chi connectivity index (χ2n) is 8.25. The Hall–Kier alpha value is -2.75. The lowest BCUT2D eigenvalue weighted by Gasteiger charge is -2.23. The number of carbonyl (C=O) groups is 1. The third kappa shape index (κ3) is 4.87. The number of aromatic nitrogens is 1. The van der Waals surface area contributed by atoms with Gasteiger partial charge in [0.2, 0.25) is 10.0 Å². The van der Waals surface area contributed by atoms with Crippen molar-refractivity contribution in [3.05, 3.63) is 65.5 Å². The minimum absolute atomic E-state index is 0.0396. The average molecular weight is 500 g/mol. The Labute approximate surface area is 204 Å². The van der Waals surface area contributed by atoms with Gasteiger partial charge in [-0.05, 0) is 62.2 Å². The minimum atomic E-state index is -3.60. The number of fused-ring (bicyclic) bond motifs is 1. The predicted octanol–water partition coefficient (Wildman–Crippen LogP) is 4.59. The van der Waals surface area contributed by atoms with Gasteiger partial charge in [-0.2, -0.15) is 9.30 Å². The number of thiazole rings is 1. The topological polar surface area (TPSA) is 81.0 Å². The summed E-state index contributed by atoms with van der Waals surface area (Å²) in [6, 6.07) is 11.8. The summed E-state index contributed by atoms with van der Waals surface area (Å²) in [5, 5.41) is 0. The summed E-state index contributed by atoms with van der Waals surface area (Å²) in [7, 11) is -1.96. The van der Waals surface area contributed by atoms with Gasteiger partial charge < -0.3 is 9.30 Å². The number of hydrogen-bond donors (Lipinski definition) is 0. The summed E-state index contributed by atoms with van der Waals surface area (Å²) in [6.07, 6.45) is 5.63. The van der Waals surface area contributed by atoms with Gasteiger partial charge >= 0.3 is 0 Å². The molecule has 3 aromatic rings. The second-order valence-corrected chi connectivity index (χ2v) is 11.3. The third-order valence-corrected chi connectivity index (χ3v) is 9.06. The van der Waals surface area contributed by atoms with Crippen LogP contribution in [0.3, 0.4) is 0 Å². The van der Waals surface area contributed by atoms with Crippen LogP contribution < -0.4 is 9.54 Å². The molecule has 1 fully saturated rings. The smallest absolute Gasteiger partial charge is 0.279 e. The number of allylic oxidation sites excluding steroid dienone is 1. The van der Waals surface area contributed by atoms with E-state index in [-0.39, 0.29) is 10.9 Å². The molecule has 0 atom stereocenters. The molecule has 1 aliphatic carbocycles. The number of nitrogens with zero attached hydrogens (tertiary/aromatic N) is 3. The first-order valence-electron chi connectivity index (χ1n) is 11.4. The average Bonchev–Trinajstić information content (AvgIpc) is 3.48. The molecule has 1 aliphatic rings. The molecule has 9 heteroatoms. The molecule has 0 spiro atoms. The molecule has 7 nitrogen and oxygen atoms in total. The van der Waals surface area contributed by atoms with E-state index in [1.165, 1.54) is 39.9 Å². The van der Waals surface area contributed by atoms with Crippen LogP contribution in [0.1, 0.15) is 43.0 Å². The van der Waals surface area contributed by atoms with Gasteiger partial charge in [0.15, 0.2) is 4.80 Å². The van der Waals surface area contributed by atoms with Crippen LogP contribution in [0, 0.1) is 0 Å². The second kappa shape index (κ2) is 10.2. The molecular formula is C25H29N3O4S2. The van der Waals surface area contributed by atoms with Gasteiger partial charge in [-0.25, -0.2) is 8.42 Å². The molecule has 1 saturated carbocycles. The third-order valence-electron chi connectivity index (χ3n) is 6.09. The Morgan fingerprint density at radius 3 is 2.59 bits per heavy atom. The molecule has 1 heterocycles. The molecule has 0 bridgehead atoms. The molecule has 0 saturated heterocycles. The zero-order valence-corrected chi connectivity index (χ0v) is 21.1. The maximum Gasteiger partial charge on any atom is 0.279 e. The number of benzene rings is 2. The fourth-order valence-electron chi connectivity index (χ4n) is 4.25. The van der Waals surface area contributed by atoms with Gasteiger partial charge in [0.1, 0.15) is 5.75 Å². The van der Waals surface area contributed by atoms with Crippen molar-refractivity contribution in [2.75, 3.05) is 13.7 Å². The minimum Gasteiger partial charge on any atom is -0.494 e. The van der Waals surface area contributed by atoms with Crippen LogP contribution in [0.5, 0.6) is 5.75 Å². The highest BCUT2D eigenvalue weighted by Crippen LogP contribution is 2.27. The van der Waals surface area contributed by atoms with E-state index in [1.54, 1.807) is 13.1 Å². The van der Waals surface area contributed by atoms with Gasteiger partial charge in [0, 0.05) is 25.2 Å². The zero-order chi connectivity index (χ0) is 24.3. The van der Waals surface area contributed by atoms with E-state index in [4.69, 9.17) is 4.74 Å². The first-order valence-corrected chi connectivity index (χ1v) is 13.6. The van der Waals surface area contributed by atoms with Crippen molar-refractivity contribution in [1.82, 2.24) is 8.87 Å². The number of carbonyl (C=O) groups excluding carboxylic acids is 1. The predicted molar refractivity (Wildman–Crippen MR) is 135 cm³/mol. The lowest BCUT2D eigenvalue weighted by molar-refractivity contribution is 0.0997. The van der Waals surface area contributed by atoms with Crippen molar-refractivity contribution in [2.24, 2.45) is 4.99 Å². The monoisotopic (exact) mass is 499 g/mol. The Kier molecular flexibility index (Phi) is 7.35. The molecule has 4 rings (SSSR count). The SMILES string of the molecule is C=CCn1c(=NC(=O)c2ccc(S(=O)(=O)N(C)C3CCCC3)cc2)sc2cc(OCC)ccc21. The Morgan fingerprint density at radius 1 is 1.24 bits per heavy atom. The van der Waals surface area contributed by atoms with Crippen molar-refractivity contribution >= 4 is 37.5 Å². The van der Waals surface area contributed by atoms with E-state index in [2.05, 4.69) is 11.6 Å². The summed E-state index contributed by atoms with van der Waals surface area (Å²) in [5.74, 6) is 0.335. The van der Waals surface area contributed by atoms with E-state index in [1.807, 2.05) is 29.7 Å². The summed E-state index contributed by atoms with van der Waals surface area (Å²) in [4.78, 5) is 18.0. The largest absolute Gasteiger partial charge is 0.494 e. The van der Waals surface area contributed by atoms with Crippen LogP contribution in [0.4, 0.5) is 0 Å². The molecule has 0 aliphatic heterocycles. The van der Waals surface area contributed by atoms with E-state index < -0.39 is 15.9 Å².